The van der Waals surface area contributed by atoms with Crippen LogP contribution in [-0.2, 0) is 11.0 Å². The standard InChI is InChI=1S/C13H14F3N3O3/c14-13(15,16)8-2-4-9(5-3-8)18-11(21)19-7-1-6-12(19,22)10(17)20/h2-5,22H,1,6-7H2,(H2,17,20)(H,18,21). The fourth-order valence-corrected chi connectivity index (χ4v) is 2.26. The lowest BCUT2D eigenvalue weighted by molar-refractivity contribution is -0.148. The van der Waals surface area contributed by atoms with Crippen LogP contribution < -0.4 is 11.1 Å². The number of aliphatic hydroxyl groups is 1. The lowest BCUT2D eigenvalue weighted by atomic mass is 10.1. The highest BCUT2D eigenvalue weighted by atomic mass is 19.4. The predicted molar refractivity (Wildman–Crippen MR) is 70.5 cm³/mol. The normalized spacial score (nSPS) is 21.7. The van der Waals surface area contributed by atoms with Crippen LogP contribution in [0.4, 0.5) is 23.7 Å². The Balaban J connectivity index is 2.11. The van der Waals surface area contributed by atoms with Gasteiger partial charge in [-0.25, -0.2) is 4.79 Å². The number of alkyl halides is 3. The molecule has 1 atom stereocenters. The van der Waals surface area contributed by atoms with E-state index in [0.29, 0.717) is 6.42 Å². The largest absolute Gasteiger partial charge is 0.416 e. The van der Waals surface area contributed by atoms with Gasteiger partial charge < -0.3 is 16.2 Å². The summed E-state index contributed by atoms with van der Waals surface area (Å²) >= 11 is 0. The van der Waals surface area contributed by atoms with E-state index in [4.69, 9.17) is 5.73 Å². The van der Waals surface area contributed by atoms with E-state index in [1.807, 2.05) is 0 Å². The number of primary amides is 1. The van der Waals surface area contributed by atoms with Crippen LogP contribution in [0.1, 0.15) is 18.4 Å². The van der Waals surface area contributed by atoms with Crippen LogP contribution in [-0.4, -0.2) is 34.2 Å². The number of nitrogens with zero attached hydrogens (tertiary/aromatic N) is 1. The van der Waals surface area contributed by atoms with Crippen molar-refractivity contribution in [3.63, 3.8) is 0 Å². The van der Waals surface area contributed by atoms with E-state index in [-0.39, 0.29) is 18.7 Å². The molecular weight excluding hydrogens is 303 g/mol. The van der Waals surface area contributed by atoms with Gasteiger partial charge in [0.25, 0.3) is 5.91 Å². The maximum absolute atomic E-state index is 12.4. The van der Waals surface area contributed by atoms with E-state index < -0.39 is 29.4 Å². The zero-order valence-corrected chi connectivity index (χ0v) is 11.4. The number of halogens is 3. The summed E-state index contributed by atoms with van der Waals surface area (Å²) in [6, 6.07) is 3.00. The Bertz CT molecular complexity index is 588. The third-order valence-corrected chi connectivity index (χ3v) is 3.46. The average Bonchev–Trinajstić information content (AvgIpc) is 2.82. The van der Waals surface area contributed by atoms with E-state index in [1.54, 1.807) is 0 Å². The first-order valence-electron chi connectivity index (χ1n) is 6.43. The average molecular weight is 317 g/mol. The Morgan fingerprint density at radius 3 is 2.36 bits per heavy atom. The second-order valence-electron chi connectivity index (χ2n) is 4.94. The summed E-state index contributed by atoms with van der Waals surface area (Å²) in [7, 11) is 0. The molecule has 4 N–H and O–H groups in total. The highest BCUT2D eigenvalue weighted by molar-refractivity contribution is 5.95. The smallest absolute Gasteiger partial charge is 0.365 e. The third kappa shape index (κ3) is 2.98. The summed E-state index contributed by atoms with van der Waals surface area (Å²) in [5.41, 5.74) is 2.27. The number of carbonyl (C=O) groups is 2. The molecular formula is C13H14F3N3O3. The Morgan fingerprint density at radius 2 is 1.86 bits per heavy atom. The van der Waals surface area contributed by atoms with Crippen molar-refractivity contribution in [2.75, 3.05) is 11.9 Å². The fraction of sp³-hybridized carbons (Fsp3) is 0.385. The van der Waals surface area contributed by atoms with E-state index in [1.165, 1.54) is 0 Å². The number of rotatable bonds is 2. The number of urea groups is 1. The summed E-state index contributed by atoms with van der Waals surface area (Å²) in [4.78, 5) is 24.2. The molecule has 9 heteroatoms. The zero-order valence-electron chi connectivity index (χ0n) is 11.4. The van der Waals surface area contributed by atoms with Gasteiger partial charge in [0.05, 0.1) is 5.56 Å². The summed E-state index contributed by atoms with van der Waals surface area (Å²) in [6.45, 7) is 0.117. The van der Waals surface area contributed by atoms with E-state index in [0.717, 1.165) is 29.2 Å². The van der Waals surface area contributed by atoms with Gasteiger partial charge in [-0.1, -0.05) is 0 Å². The van der Waals surface area contributed by atoms with Gasteiger partial charge in [-0.05, 0) is 30.7 Å². The summed E-state index contributed by atoms with van der Waals surface area (Å²) in [5.74, 6) is -1.05. The molecule has 1 saturated heterocycles. The number of hydrogen-bond donors (Lipinski definition) is 3. The van der Waals surface area contributed by atoms with Gasteiger partial charge in [-0.15, -0.1) is 0 Å². The van der Waals surface area contributed by atoms with Gasteiger partial charge in [0, 0.05) is 18.7 Å². The van der Waals surface area contributed by atoms with Gasteiger partial charge >= 0.3 is 12.2 Å². The van der Waals surface area contributed by atoms with Crippen molar-refractivity contribution in [3.8, 4) is 0 Å². The van der Waals surface area contributed by atoms with Crippen molar-refractivity contribution in [1.82, 2.24) is 4.90 Å². The minimum atomic E-state index is -4.47. The second kappa shape index (κ2) is 5.48. The van der Waals surface area contributed by atoms with E-state index in [2.05, 4.69) is 5.32 Å². The molecule has 0 spiro atoms. The summed E-state index contributed by atoms with van der Waals surface area (Å²) in [5, 5.41) is 12.4. The van der Waals surface area contributed by atoms with Crippen molar-refractivity contribution in [1.29, 1.82) is 0 Å². The van der Waals surface area contributed by atoms with Crippen molar-refractivity contribution >= 4 is 17.6 Å². The molecule has 0 aromatic heterocycles. The number of amides is 3. The molecule has 0 saturated carbocycles. The lowest BCUT2D eigenvalue weighted by Gasteiger charge is -2.30. The summed E-state index contributed by atoms with van der Waals surface area (Å²) in [6.07, 6.45) is -4.06. The molecule has 1 aliphatic rings. The number of carbonyl (C=O) groups excluding carboxylic acids is 2. The van der Waals surface area contributed by atoms with Crippen LogP contribution >= 0.6 is 0 Å². The SMILES string of the molecule is NC(=O)C1(O)CCCN1C(=O)Nc1ccc(C(F)(F)F)cc1. The minimum absolute atomic E-state index is 0.0166. The van der Waals surface area contributed by atoms with Crippen molar-refractivity contribution < 1.29 is 27.9 Å². The molecule has 1 heterocycles. The van der Waals surface area contributed by atoms with E-state index in [9.17, 15) is 27.9 Å². The molecule has 1 aliphatic heterocycles. The first-order chi connectivity index (χ1) is 10.1. The van der Waals surface area contributed by atoms with Crippen LogP contribution in [0, 0.1) is 0 Å². The van der Waals surface area contributed by atoms with Gasteiger partial charge in [-0.2, -0.15) is 13.2 Å². The van der Waals surface area contributed by atoms with Crippen LogP contribution in [0.15, 0.2) is 24.3 Å². The van der Waals surface area contributed by atoms with Crippen LogP contribution in [0.3, 0.4) is 0 Å². The first-order valence-corrected chi connectivity index (χ1v) is 6.43. The molecule has 1 aromatic rings. The molecule has 0 bridgehead atoms. The number of nitrogens with two attached hydrogens (primary N) is 1. The lowest BCUT2D eigenvalue weighted by Crippen LogP contribution is -2.57. The molecule has 3 amide bonds. The van der Waals surface area contributed by atoms with Crippen molar-refractivity contribution in [3.05, 3.63) is 29.8 Å². The molecule has 0 radical (unpaired) electrons. The Morgan fingerprint density at radius 1 is 1.27 bits per heavy atom. The number of anilines is 1. The second-order valence-corrected chi connectivity index (χ2v) is 4.94. The highest BCUT2D eigenvalue weighted by Gasteiger charge is 2.47. The number of benzene rings is 1. The predicted octanol–water partition coefficient (Wildman–Crippen LogP) is 1.51. The number of likely N-dealkylation sites (tertiary alicyclic amines) is 1. The maximum Gasteiger partial charge on any atom is 0.416 e. The van der Waals surface area contributed by atoms with Crippen molar-refractivity contribution in [2.24, 2.45) is 5.73 Å². The Kier molecular flexibility index (Phi) is 4.01. The van der Waals surface area contributed by atoms with Gasteiger partial charge in [0.2, 0.25) is 5.72 Å². The highest BCUT2D eigenvalue weighted by Crippen LogP contribution is 2.30. The molecule has 6 nitrogen and oxygen atoms in total. The van der Waals surface area contributed by atoms with Gasteiger partial charge in [-0.3, -0.25) is 9.69 Å². The summed E-state index contributed by atoms with van der Waals surface area (Å²) < 4.78 is 37.3. The quantitative estimate of drug-likeness (QED) is 0.771. The molecule has 1 aromatic carbocycles. The topological polar surface area (TPSA) is 95.7 Å². The van der Waals surface area contributed by atoms with Crippen molar-refractivity contribution in [2.45, 2.75) is 24.7 Å². The van der Waals surface area contributed by atoms with E-state index >= 15 is 0 Å². The molecule has 22 heavy (non-hydrogen) atoms. The number of nitrogens with one attached hydrogen (secondary N) is 1. The molecule has 0 aliphatic carbocycles. The number of hydrogen-bond acceptors (Lipinski definition) is 3. The maximum atomic E-state index is 12.4. The monoisotopic (exact) mass is 317 g/mol. The first kappa shape index (κ1) is 16.1. The molecule has 1 unspecified atom stereocenters. The molecule has 2 rings (SSSR count). The van der Waals surface area contributed by atoms with Crippen LogP contribution in [0.2, 0.25) is 0 Å². The van der Waals surface area contributed by atoms with Crippen LogP contribution in [0.25, 0.3) is 0 Å². The Hall–Kier alpha value is -2.29. The van der Waals surface area contributed by atoms with Gasteiger partial charge in [0.15, 0.2) is 0 Å². The Labute approximate surface area is 123 Å². The molecule has 120 valence electrons. The van der Waals surface area contributed by atoms with Gasteiger partial charge in [0.1, 0.15) is 0 Å². The van der Waals surface area contributed by atoms with Crippen LogP contribution in [0.5, 0.6) is 0 Å². The fourth-order valence-electron chi connectivity index (χ4n) is 2.26. The third-order valence-electron chi connectivity index (χ3n) is 3.46. The zero-order chi connectivity index (χ0) is 16.5. The molecule has 1 fully saturated rings. The minimum Gasteiger partial charge on any atom is -0.365 e.